The summed E-state index contributed by atoms with van der Waals surface area (Å²) in [5, 5.41) is 3.64. The minimum Gasteiger partial charge on any atom is -0.336 e. The first-order chi connectivity index (χ1) is 13.1. The minimum atomic E-state index is -3.25. The maximum absolute atomic E-state index is 13.3. The smallest absolute Gasteiger partial charge is 0.324 e. The highest BCUT2D eigenvalue weighted by atomic mass is 32.1. The summed E-state index contributed by atoms with van der Waals surface area (Å²) in [5.74, 6) is 0. The van der Waals surface area contributed by atoms with Gasteiger partial charge < -0.3 is 9.84 Å². The van der Waals surface area contributed by atoms with Crippen LogP contribution in [0.3, 0.4) is 0 Å². The molecule has 3 aromatic rings. The second-order valence-corrected chi connectivity index (χ2v) is 9.61. The minimum absolute atomic E-state index is 0.203. The fourth-order valence-electron chi connectivity index (χ4n) is 3.13. The van der Waals surface area contributed by atoms with Crippen LogP contribution in [0.5, 0.6) is 0 Å². The largest absolute Gasteiger partial charge is 0.336 e. The topological polar surface area (TPSA) is 71.5 Å². The quantitative estimate of drug-likeness (QED) is 0.607. The van der Waals surface area contributed by atoms with Gasteiger partial charge in [0.2, 0.25) is 0 Å². The number of aromatic nitrogens is 1. The van der Waals surface area contributed by atoms with Gasteiger partial charge in [0.25, 0.3) is 0 Å². The number of para-hydroxylation sites is 1. The third-order valence-corrected chi connectivity index (χ3v) is 8.04. The molecule has 2 heterocycles. The number of carbonyl (C=O) groups is 1. The predicted molar refractivity (Wildman–Crippen MR) is 108 cm³/mol. The van der Waals surface area contributed by atoms with Crippen molar-refractivity contribution in [1.29, 1.82) is 0 Å². The molecule has 2 amide bonds. The molecule has 1 aromatic heterocycles. The summed E-state index contributed by atoms with van der Waals surface area (Å²) in [6.07, 6.45) is 0.203. The zero-order valence-corrected chi connectivity index (χ0v) is 16.6. The van der Waals surface area contributed by atoms with Crippen molar-refractivity contribution >= 4 is 35.1 Å². The van der Waals surface area contributed by atoms with E-state index in [-0.39, 0.29) is 12.2 Å². The summed E-state index contributed by atoms with van der Waals surface area (Å²) in [7, 11) is -3.25. The molecule has 0 spiro atoms. The van der Waals surface area contributed by atoms with Crippen LogP contribution in [0.15, 0.2) is 48.5 Å². The molecule has 8 heteroatoms. The molecule has 27 heavy (non-hydrogen) atoms. The van der Waals surface area contributed by atoms with Gasteiger partial charge in [0.1, 0.15) is 5.01 Å². The molecule has 1 unspecified atom stereocenters. The molecule has 0 saturated carbocycles. The van der Waals surface area contributed by atoms with Crippen LogP contribution in [-0.2, 0) is 15.3 Å². The molecule has 1 atom stereocenters. The number of amides is 2. The van der Waals surface area contributed by atoms with Crippen molar-refractivity contribution in [2.75, 3.05) is 19.7 Å². The van der Waals surface area contributed by atoms with Crippen LogP contribution in [0.2, 0.25) is 0 Å². The Morgan fingerprint density at radius 3 is 2.67 bits per heavy atom. The molecule has 0 aliphatic carbocycles. The summed E-state index contributed by atoms with van der Waals surface area (Å²) in [6, 6.07) is 15.6. The van der Waals surface area contributed by atoms with E-state index in [0.29, 0.717) is 19.7 Å². The molecular formula is C19H20N3O3PS. The first-order valence-electron chi connectivity index (χ1n) is 8.83. The first kappa shape index (κ1) is 18.2. The van der Waals surface area contributed by atoms with E-state index in [0.717, 1.165) is 26.4 Å². The van der Waals surface area contributed by atoms with E-state index in [1.807, 2.05) is 42.5 Å². The Labute approximate surface area is 161 Å². The second kappa shape index (κ2) is 7.43. The Morgan fingerprint density at radius 1 is 1.22 bits per heavy atom. The van der Waals surface area contributed by atoms with Crippen LogP contribution in [0.1, 0.15) is 12.5 Å². The van der Waals surface area contributed by atoms with E-state index >= 15 is 0 Å². The standard InChI is InChI=1S/C19H20N3O3PS/c1-2-25-26(24,22-12-11-20-19(22)23)13-14-7-9-15(10-8-14)18-21-16-5-3-4-6-17(16)27-18/h3-10H,2,11-13H2,1H3,(H,20,23). The molecule has 0 radical (unpaired) electrons. The number of carbonyl (C=O) groups excluding carboxylic acids is 1. The molecule has 1 aliphatic rings. The second-order valence-electron chi connectivity index (χ2n) is 6.25. The first-order valence-corrected chi connectivity index (χ1v) is 11.4. The molecule has 2 aromatic carbocycles. The third kappa shape index (κ3) is 3.63. The highest BCUT2D eigenvalue weighted by molar-refractivity contribution is 7.56. The van der Waals surface area contributed by atoms with E-state index in [4.69, 9.17) is 4.52 Å². The van der Waals surface area contributed by atoms with Crippen LogP contribution in [0, 0.1) is 0 Å². The van der Waals surface area contributed by atoms with Gasteiger partial charge in [-0.05, 0) is 24.6 Å². The van der Waals surface area contributed by atoms with Gasteiger partial charge >= 0.3 is 13.6 Å². The fourth-order valence-corrected chi connectivity index (χ4v) is 6.33. The molecule has 4 rings (SSSR count). The van der Waals surface area contributed by atoms with Crippen LogP contribution in [0.25, 0.3) is 20.8 Å². The SMILES string of the molecule is CCOP(=O)(Cc1ccc(-c2nc3ccccc3s2)cc1)N1CCNC1=O. The molecule has 0 bridgehead atoms. The van der Waals surface area contributed by atoms with Crippen LogP contribution < -0.4 is 5.32 Å². The van der Waals surface area contributed by atoms with Crippen molar-refractivity contribution in [2.24, 2.45) is 0 Å². The van der Waals surface area contributed by atoms with Crippen molar-refractivity contribution in [3.8, 4) is 10.6 Å². The van der Waals surface area contributed by atoms with Gasteiger partial charge in [0.05, 0.1) is 23.0 Å². The molecule has 140 valence electrons. The van der Waals surface area contributed by atoms with Crippen molar-refractivity contribution in [3.63, 3.8) is 0 Å². The Hall–Kier alpha value is -2.21. The average Bonchev–Trinajstić information content (AvgIpc) is 3.29. The van der Waals surface area contributed by atoms with Gasteiger partial charge in [0, 0.05) is 18.7 Å². The van der Waals surface area contributed by atoms with E-state index in [2.05, 4.69) is 16.4 Å². The van der Waals surface area contributed by atoms with E-state index in [1.54, 1.807) is 18.3 Å². The zero-order chi connectivity index (χ0) is 18.9. The molecule has 1 N–H and O–H groups in total. The van der Waals surface area contributed by atoms with Crippen LogP contribution in [-0.4, -0.2) is 35.4 Å². The maximum Gasteiger partial charge on any atom is 0.324 e. The number of hydrogen-bond acceptors (Lipinski definition) is 5. The molecule has 1 saturated heterocycles. The highest BCUT2D eigenvalue weighted by Crippen LogP contribution is 2.54. The van der Waals surface area contributed by atoms with Crippen molar-refractivity contribution < 1.29 is 13.9 Å². The molecule has 1 fully saturated rings. The van der Waals surface area contributed by atoms with E-state index < -0.39 is 7.52 Å². The lowest BCUT2D eigenvalue weighted by atomic mass is 10.2. The number of benzene rings is 2. The third-order valence-electron chi connectivity index (χ3n) is 4.41. The predicted octanol–water partition coefficient (Wildman–Crippen LogP) is 4.72. The summed E-state index contributed by atoms with van der Waals surface area (Å²) in [6.45, 7) is 2.98. The Morgan fingerprint density at radius 2 is 2.00 bits per heavy atom. The summed E-state index contributed by atoms with van der Waals surface area (Å²) in [5.41, 5.74) is 2.88. The fraction of sp³-hybridized carbons (Fsp3) is 0.263. The van der Waals surface area contributed by atoms with E-state index in [1.165, 1.54) is 4.67 Å². The maximum atomic E-state index is 13.3. The zero-order valence-electron chi connectivity index (χ0n) is 14.9. The number of fused-ring (bicyclic) bond motifs is 1. The molecular weight excluding hydrogens is 381 g/mol. The molecule has 6 nitrogen and oxygen atoms in total. The number of rotatable bonds is 6. The Balaban J connectivity index is 1.57. The monoisotopic (exact) mass is 401 g/mol. The van der Waals surface area contributed by atoms with Gasteiger partial charge in [-0.1, -0.05) is 36.4 Å². The lowest BCUT2D eigenvalue weighted by Gasteiger charge is -2.26. The van der Waals surface area contributed by atoms with E-state index in [9.17, 15) is 9.36 Å². The van der Waals surface area contributed by atoms with Crippen molar-refractivity contribution in [3.05, 3.63) is 54.1 Å². The van der Waals surface area contributed by atoms with Gasteiger partial charge in [-0.2, -0.15) is 0 Å². The summed E-state index contributed by atoms with van der Waals surface area (Å²) in [4.78, 5) is 16.6. The number of thiazole rings is 1. The average molecular weight is 401 g/mol. The molecule has 1 aliphatic heterocycles. The lowest BCUT2D eigenvalue weighted by Crippen LogP contribution is -2.27. The van der Waals surface area contributed by atoms with Gasteiger partial charge in [-0.3, -0.25) is 9.24 Å². The van der Waals surface area contributed by atoms with Gasteiger partial charge in [-0.25, -0.2) is 9.78 Å². The number of nitrogens with zero attached hydrogens (tertiary/aromatic N) is 2. The van der Waals surface area contributed by atoms with Crippen molar-refractivity contribution in [2.45, 2.75) is 13.1 Å². The number of urea groups is 1. The normalized spacial score (nSPS) is 16.5. The van der Waals surface area contributed by atoms with Gasteiger partial charge in [0.15, 0.2) is 0 Å². The number of nitrogens with one attached hydrogen (secondary N) is 1. The Bertz CT molecular complexity index is 985. The number of hydrogen-bond donors (Lipinski definition) is 1. The highest BCUT2D eigenvalue weighted by Gasteiger charge is 2.38. The van der Waals surface area contributed by atoms with Crippen LogP contribution in [0.4, 0.5) is 4.79 Å². The lowest BCUT2D eigenvalue weighted by molar-refractivity contribution is 0.226. The summed E-state index contributed by atoms with van der Waals surface area (Å²) < 4.78 is 21.3. The van der Waals surface area contributed by atoms with Crippen LogP contribution >= 0.6 is 18.9 Å². The Kier molecular flexibility index (Phi) is 5.00. The van der Waals surface area contributed by atoms with Gasteiger partial charge in [-0.15, -0.1) is 11.3 Å². The van der Waals surface area contributed by atoms with Crippen molar-refractivity contribution in [1.82, 2.24) is 15.0 Å². The summed E-state index contributed by atoms with van der Waals surface area (Å²) >= 11 is 1.65.